The van der Waals surface area contributed by atoms with Gasteiger partial charge in [-0.05, 0) is 88.9 Å². The molecule has 2 atom stereocenters. The van der Waals surface area contributed by atoms with Crippen molar-refractivity contribution in [1.29, 1.82) is 0 Å². The molecule has 12 heteroatoms. The summed E-state index contributed by atoms with van der Waals surface area (Å²) < 4.78 is 33.0. The summed E-state index contributed by atoms with van der Waals surface area (Å²) in [6.45, 7) is 12.2. The molecule has 4 aromatic carbocycles. The number of carboxylic acid groups (broad SMARTS) is 2. The van der Waals surface area contributed by atoms with Crippen molar-refractivity contribution in [2.24, 2.45) is 0 Å². The van der Waals surface area contributed by atoms with Crippen LogP contribution in [0.3, 0.4) is 0 Å². The Morgan fingerprint density at radius 1 is 0.621 bits per heavy atom. The van der Waals surface area contributed by atoms with Gasteiger partial charge in [-0.15, -0.1) is 0 Å². The first-order valence-electron chi connectivity index (χ1n) is 19.9. The molecule has 312 valence electrons. The minimum atomic E-state index is -1.21. The van der Waals surface area contributed by atoms with Crippen LogP contribution >= 0.6 is 0 Å². The standard InChI is InChI=1S/C46H56O12/c1-6-16-52-19-20-55-24-26-57-58-43-15-11-35(30-39(43)45(49)50)46(40-27-31(3)8-12-36(40)37-13-9-33(28-41(37)46)32(4)7-2)34-10-14-42(38(29-34)44(47)48)56-25-23-54-22-21-53-18-17-51-5/h8-15,27-30,32H,6-7,16-26H2,1-5H3,(H,47,48)(H,49,50). The molecule has 0 saturated heterocycles. The van der Waals surface area contributed by atoms with E-state index in [0.29, 0.717) is 57.4 Å². The molecule has 0 spiro atoms. The number of aryl methyl sites for hydroxylation is 1. The largest absolute Gasteiger partial charge is 0.490 e. The van der Waals surface area contributed by atoms with Crippen LogP contribution in [-0.4, -0.2) is 102 Å². The maximum Gasteiger partial charge on any atom is 0.339 e. The minimum absolute atomic E-state index is 0.0208. The second-order valence-corrected chi connectivity index (χ2v) is 14.1. The number of fused-ring (bicyclic) bond motifs is 3. The molecule has 0 aliphatic heterocycles. The van der Waals surface area contributed by atoms with Gasteiger partial charge in [0.25, 0.3) is 0 Å². The van der Waals surface area contributed by atoms with Crippen LogP contribution in [0.25, 0.3) is 11.1 Å². The SMILES string of the molecule is CCCOCCOCCOOc1ccc(C2(c3ccc(OCCOCCOCCOC)c(C(=O)O)c3)c3cc(C)ccc3-c3ccc(C(C)CC)cc32)cc1C(=O)O. The highest BCUT2D eigenvalue weighted by molar-refractivity contribution is 5.94. The third-order valence-electron chi connectivity index (χ3n) is 10.3. The summed E-state index contributed by atoms with van der Waals surface area (Å²) in [5.74, 6) is -1.94. The van der Waals surface area contributed by atoms with Crippen molar-refractivity contribution in [3.8, 4) is 22.6 Å². The molecule has 12 nitrogen and oxygen atoms in total. The number of carbonyl (C=O) groups is 2. The highest BCUT2D eigenvalue weighted by atomic mass is 17.2. The van der Waals surface area contributed by atoms with E-state index in [2.05, 4.69) is 44.2 Å². The number of carboxylic acids is 2. The molecule has 2 unspecified atom stereocenters. The lowest BCUT2D eigenvalue weighted by molar-refractivity contribution is -0.215. The number of aromatic carboxylic acids is 2. The van der Waals surface area contributed by atoms with Gasteiger partial charge in [0.05, 0.1) is 58.3 Å². The quantitative estimate of drug-likeness (QED) is 0.0317. The molecule has 1 aliphatic carbocycles. The molecule has 0 heterocycles. The van der Waals surface area contributed by atoms with Crippen LogP contribution in [0.15, 0.2) is 72.8 Å². The Balaban J connectivity index is 1.55. The van der Waals surface area contributed by atoms with Gasteiger partial charge in [0, 0.05) is 13.7 Å². The van der Waals surface area contributed by atoms with Crippen molar-refractivity contribution in [3.63, 3.8) is 0 Å². The first kappa shape index (κ1) is 44.3. The van der Waals surface area contributed by atoms with Crippen molar-refractivity contribution >= 4 is 11.9 Å². The van der Waals surface area contributed by atoms with Crippen molar-refractivity contribution in [3.05, 3.63) is 117 Å². The normalized spacial score (nSPS) is 14.8. The summed E-state index contributed by atoms with van der Waals surface area (Å²) in [7, 11) is 1.61. The Hall–Kier alpha value is -4.82. The van der Waals surface area contributed by atoms with Crippen molar-refractivity contribution in [1.82, 2.24) is 0 Å². The zero-order chi connectivity index (χ0) is 41.5. The molecule has 0 aromatic heterocycles. The van der Waals surface area contributed by atoms with Gasteiger partial charge < -0.3 is 43.5 Å². The van der Waals surface area contributed by atoms with Crippen LogP contribution in [0.5, 0.6) is 11.5 Å². The van der Waals surface area contributed by atoms with Gasteiger partial charge in [-0.2, -0.15) is 4.89 Å². The highest BCUT2D eigenvalue weighted by Gasteiger charge is 2.47. The van der Waals surface area contributed by atoms with Gasteiger partial charge in [-0.3, -0.25) is 0 Å². The molecule has 0 saturated carbocycles. The highest BCUT2D eigenvalue weighted by Crippen LogP contribution is 2.57. The fourth-order valence-electron chi connectivity index (χ4n) is 7.18. The van der Waals surface area contributed by atoms with Crippen LogP contribution < -0.4 is 9.62 Å². The zero-order valence-electron chi connectivity index (χ0n) is 34.2. The number of hydrogen-bond acceptors (Lipinski definition) is 10. The van der Waals surface area contributed by atoms with Gasteiger partial charge >= 0.3 is 11.9 Å². The van der Waals surface area contributed by atoms with E-state index in [0.717, 1.165) is 46.2 Å². The van der Waals surface area contributed by atoms with Gasteiger partial charge in [-0.1, -0.05) is 74.9 Å². The molecule has 58 heavy (non-hydrogen) atoms. The molecule has 5 rings (SSSR count). The van der Waals surface area contributed by atoms with Gasteiger partial charge in [0.15, 0.2) is 5.75 Å². The van der Waals surface area contributed by atoms with Crippen LogP contribution in [0.2, 0.25) is 0 Å². The average molecular weight is 801 g/mol. The Bertz CT molecular complexity index is 1890. The van der Waals surface area contributed by atoms with E-state index in [1.165, 1.54) is 0 Å². The minimum Gasteiger partial charge on any atom is -0.490 e. The number of rotatable bonds is 26. The van der Waals surface area contributed by atoms with Crippen LogP contribution in [0, 0.1) is 6.92 Å². The first-order chi connectivity index (χ1) is 28.2. The summed E-state index contributed by atoms with van der Waals surface area (Å²) >= 11 is 0. The Morgan fingerprint density at radius 3 is 1.76 bits per heavy atom. The smallest absolute Gasteiger partial charge is 0.339 e. The van der Waals surface area contributed by atoms with Crippen LogP contribution in [0.1, 0.15) is 93.6 Å². The summed E-state index contributed by atoms with van der Waals surface area (Å²) in [4.78, 5) is 36.9. The number of ether oxygens (including phenoxy) is 6. The van der Waals surface area contributed by atoms with Gasteiger partial charge in [-0.25, -0.2) is 9.59 Å². The molecule has 4 aromatic rings. The van der Waals surface area contributed by atoms with Crippen LogP contribution in [-0.2, 0) is 34.0 Å². The lowest BCUT2D eigenvalue weighted by Crippen LogP contribution is -2.30. The predicted octanol–water partition coefficient (Wildman–Crippen LogP) is 8.08. The third kappa shape index (κ3) is 10.4. The predicted molar refractivity (Wildman–Crippen MR) is 219 cm³/mol. The molecule has 0 bridgehead atoms. The molecular formula is C46H56O12. The second-order valence-electron chi connectivity index (χ2n) is 14.1. The Labute approximate surface area is 340 Å². The monoisotopic (exact) mass is 800 g/mol. The lowest BCUT2D eigenvalue weighted by Gasteiger charge is -2.35. The fourth-order valence-corrected chi connectivity index (χ4v) is 7.18. The maximum absolute atomic E-state index is 13.0. The average Bonchev–Trinajstić information content (AvgIpc) is 3.51. The van der Waals surface area contributed by atoms with E-state index in [1.807, 2.05) is 32.0 Å². The molecule has 0 fully saturated rings. The second kappa shape index (κ2) is 21.8. The van der Waals surface area contributed by atoms with Crippen molar-refractivity contribution in [2.75, 3.05) is 79.8 Å². The zero-order valence-corrected chi connectivity index (χ0v) is 34.2. The third-order valence-corrected chi connectivity index (χ3v) is 10.3. The molecule has 0 amide bonds. The number of hydrogen-bond donors (Lipinski definition) is 2. The fraction of sp³-hybridized carbons (Fsp3) is 0.435. The summed E-state index contributed by atoms with van der Waals surface area (Å²) in [6, 6.07) is 22.8. The van der Waals surface area contributed by atoms with E-state index in [-0.39, 0.29) is 55.0 Å². The molecule has 0 radical (unpaired) electrons. The molecule has 2 N–H and O–H groups in total. The van der Waals surface area contributed by atoms with Crippen molar-refractivity contribution < 1.29 is 58.0 Å². The van der Waals surface area contributed by atoms with Gasteiger partial charge in [0.2, 0.25) is 0 Å². The lowest BCUT2D eigenvalue weighted by atomic mass is 9.66. The van der Waals surface area contributed by atoms with Crippen molar-refractivity contribution in [2.45, 2.75) is 51.9 Å². The van der Waals surface area contributed by atoms with E-state index in [1.54, 1.807) is 31.4 Å². The topological polar surface area (TPSA) is 148 Å². The summed E-state index contributed by atoms with van der Waals surface area (Å²) in [5.41, 5.74) is 5.83. The molecular weight excluding hydrogens is 744 g/mol. The Kier molecular flexibility index (Phi) is 16.6. The number of benzene rings is 4. The number of methoxy groups -OCH3 is 1. The van der Waals surface area contributed by atoms with Crippen LogP contribution in [0.4, 0.5) is 0 Å². The van der Waals surface area contributed by atoms with E-state index >= 15 is 0 Å². The van der Waals surface area contributed by atoms with Gasteiger partial charge in [0.1, 0.15) is 30.1 Å². The maximum atomic E-state index is 13.0. The first-order valence-corrected chi connectivity index (χ1v) is 19.9. The van der Waals surface area contributed by atoms with E-state index < -0.39 is 17.4 Å². The van der Waals surface area contributed by atoms with E-state index in [9.17, 15) is 19.8 Å². The summed E-state index contributed by atoms with van der Waals surface area (Å²) in [5, 5.41) is 21.2. The van der Waals surface area contributed by atoms with E-state index in [4.69, 9.17) is 38.2 Å². The Morgan fingerprint density at radius 2 is 1.16 bits per heavy atom. The molecule has 1 aliphatic rings. The summed E-state index contributed by atoms with van der Waals surface area (Å²) in [6.07, 6.45) is 1.83.